The van der Waals surface area contributed by atoms with E-state index in [9.17, 15) is 13.2 Å². The molecule has 10 heteroatoms. The van der Waals surface area contributed by atoms with Crippen LogP contribution in [-0.4, -0.2) is 61.6 Å². The molecule has 1 saturated heterocycles. The number of likely N-dealkylation sites (tertiary alicyclic amines) is 1. The van der Waals surface area contributed by atoms with Gasteiger partial charge in [0.1, 0.15) is 5.65 Å². The van der Waals surface area contributed by atoms with Gasteiger partial charge in [-0.05, 0) is 95.5 Å². The smallest absolute Gasteiger partial charge is 0.260 e. The van der Waals surface area contributed by atoms with Gasteiger partial charge in [-0.3, -0.25) is 9.36 Å². The van der Waals surface area contributed by atoms with Crippen LogP contribution < -0.4 is 15.6 Å². The lowest BCUT2D eigenvalue weighted by Gasteiger charge is -2.28. The van der Waals surface area contributed by atoms with Crippen molar-refractivity contribution in [1.82, 2.24) is 24.2 Å². The molecule has 0 radical (unpaired) electrons. The fraction of sp³-hybridized carbons (Fsp3) is 0.480. The maximum absolute atomic E-state index is 13.4. The Kier molecular flexibility index (Phi) is 7.53. The summed E-state index contributed by atoms with van der Waals surface area (Å²) in [7, 11) is -0.0199. The molecule has 3 heterocycles. The van der Waals surface area contributed by atoms with E-state index >= 15 is 0 Å². The molecule has 3 aromatic rings. The minimum atomic E-state index is -3.56. The molecule has 0 spiro atoms. The number of hydrogen-bond donors (Lipinski definition) is 2. The molecule has 0 unspecified atom stereocenters. The SMILES string of the molecule is CCn1c(=O)c(-c2ccc(S(=O)(=O)NC)cc2C)cc2cnc(NCCC3CCN(C)CC3)nc21. The summed E-state index contributed by atoms with van der Waals surface area (Å²) in [6, 6.07) is 6.57. The average molecular weight is 499 g/mol. The van der Waals surface area contributed by atoms with Crippen molar-refractivity contribution in [3.05, 3.63) is 46.4 Å². The molecule has 0 atom stereocenters. The number of piperidine rings is 1. The summed E-state index contributed by atoms with van der Waals surface area (Å²) in [6.45, 7) is 7.27. The van der Waals surface area contributed by atoms with E-state index < -0.39 is 10.0 Å². The predicted octanol–water partition coefficient (Wildman–Crippen LogP) is 2.84. The summed E-state index contributed by atoms with van der Waals surface area (Å²) in [5.41, 5.74) is 2.31. The van der Waals surface area contributed by atoms with Crippen LogP contribution in [0.15, 0.2) is 40.2 Å². The average Bonchev–Trinajstić information content (AvgIpc) is 2.85. The number of nitrogens with zero attached hydrogens (tertiary/aromatic N) is 4. The van der Waals surface area contributed by atoms with E-state index in [-0.39, 0.29) is 10.5 Å². The van der Waals surface area contributed by atoms with Gasteiger partial charge in [-0.15, -0.1) is 0 Å². The molecule has 0 aliphatic carbocycles. The lowest BCUT2D eigenvalue weighted by Crippen LogP contribution is -2.31. The zero-order chi connectivity index (χ0) is 25.2. The van der Waals surface area contributed by atoms with Gasteiger partial charge >= 0.3 is 0 Å². The molecule has 2 N–H and O–H groups in total. The molecule has 35 heavy (non-hydrogen) atoms. The van der Waals surface area contributed by atoms with Crippen molar-refractivity contribution in [2.45, 2.75) is 44.6 Å². The monoisotopic (exact) mass is 498 g/mol. The third-order valence-corrected chi connectivity index (χ3v) is 8.30. The van der Waals surface area contributed by atoms with Gasteiger partial charge in [0.25, 0.3) is 5.56 Å². The minimum absolute atomic E-state index is 0.164. The number of sulfonamides is 1. The minimum Gasteiger partial charge on any atom is -0.354 e. The summed E-state index contributed by atoms with van der Waals surface area (Å²) < 4.78 is 28.3. The Morgan fingerprint density at radius 2 is 1.89 bits per heavy atom. The second kappa shape index (κ2) is 10.4. The Balaban J connectivity index is 1.61. The molecular weight excluding hydrogens is 464 g/mol. The number of anilines is 1. The van der Waals surface area contributed by atoms with Crippen LogP contribution in [0.5, 0.6) is 0 Å². The maximum Gasteiger partial charge on any atom is 0.260 e. The van der Waals surface area contributed by atoms with E-state index in [0.717, 1.165) is 31.4 Å². The Hall–Kier alpha value is -2.82. The van der Waals surface area contributed by atoms with Crippen LogP contribution in [-0.2, 0) is 16.6 Å². The predicted molar refractivity (Wildman–Crippen MR) is 139 cm³/mol. The normalized spacial score (nSPS) is 15.5. The van der Waals surface area contributed by atoms with Gasteiger partial charge in [-0.2, -0.15) is 4.98 Å². The highest BCUT2D eigenvalue weighted by molar-refractivity contribution is 7.89. The molecule has 2 aromatic heterocycles. The lowest BCUT2D eigenvalue weighted by molar-refractivity contribution is 0.215. The van der Waals surface area contributed by atoms with Crippen LogP contribution in [0, 0.1) is 12.8 Å². The molecular formula is C25H34N6O3S. The molecule has 1 aliphatic rings. The third kappa shape index (κ3) is 5.39. The summed E-state index contributed by atoms with van der Waals surface area (Å²) in [4.78, 5) is 25.1. The second-order valence-electron chi connectivity index (χ2n) is 9.23. The maximum atomic E-state index is 13.4. The van der Waals surface area contributed by atoms with Gasteiger partial charge in [-0.1, -0.05) is 6.07 Å². The van der Waals surface area contributed by atoms with Crippen molar-refractivity contribution in [1.29, 1.82) is 0 Å². The van der Waals surface area contributed by atoms with Crippen molar-refractivity contribution < 1.29 is 8.42 Å². The Morgan fingerprint density at radius 1 is 1.14 bits per heavy atom. The van der Waals surface area contributed by atoms with E-state index in [2.05, 4.69) is 32.0 Å². The van der Waals surface area contributed by atoms with Crippen LogP contribution in [0.25, 0.3) is 22.2 Å². The zero-order valence-corrected chi connectivity index (χ0v) is 21.7. The van der Waals surface area contributed by atoms with Gasteiger partial charge < -0.3 is 10.2 Å². The molecule has 188 valence electrons. The number of aromatic nitrogens is 3. The first-order valence-corrected chi connectivity index (χ1v) is 13.6. The standard InChI is InChI=1S/C25H34N6O3S/c1-5-31-23-19(16-28-25(29-23)27-11-8-18-9-12-30(4)13-10-18)15-22(24(31)32)21-7-6-20(14-17(21)2)35(33,34)26-3/h6-7,14-16,18,26H,5,8-13H2,1-4H3,(H,27,28,29). The molecule has 1 fully saturated rings. The summed E-state index contributed by atoms with van der Waals surface area (Å²) >= 11 is 0. The first-order chi connectivity index (χ1) is 16.7. The molecule has 0 saturated carbocycles. The highest BCUT2D eigenvalue weighted by Gasteiger charge is 2.18. The Labute approximate surface area is 206 Å². The van der Waals surface area contributed by atoms with Crippen LogP contribution in [0.1, 0.15) is 31.7 Å². The highest BCUT2D eigenvalue weighted by Crippen LogP contribution is 2.26. The molecule has 0 bridgehead atoms. The van der Waals surface area contributed by atoms with Gasteiger partial charge in [0, 0.05) is 30.2 Å². The van der Waals surface area contributed by atoms with Crippen molar-refractivity contribution >= 4 is 27.0 Å². The number of pyridine rings is 1. The molecule has 1 aliphatic heterocycles. The molecule has 4 rings (SSSR count). The Bertz CT molecular complexity index is 1380. The molecule has 1 aromatic carbocycles. The van der Waals surface area contributed by atoms with Gasteiger partial charge in [-0.25, -0.2) is 18.1 Å². The van der Waals surface area contributed by atoms with E-state index in [1.807, 2.05) is 6.92 Å². The van der Waals surface area contributed by atoms with E-state index in [1.54, 1.807) is 35.9 Å². The topological polar surface area (TPSA) is 109 Å². The molecule has 9 nitrogen and oxygen atoms in total. The van der Waals surface area contributed by atoms with Crippen molar-refractivity contribution in [2.24, 2.45) is 5.92 Å². The van der Waals surface area contributed by atoms with E-state index in [4.69, 9.17) is 0 Å². The first kappa shape index (κ1) is 25.3. The molecule has 0 amide bonds. The van der Waals surface area contributed by atoms with E-state index in [1.165, 1.54) is 26.0 Å². The van der Waals surface area contributed by atoms with Crippen LogP contribution >= 0.6 is 0 Å². The van der Waals surface area contributed by atoms with Crippen LogP contribution in [0.2, 0.25) is 0 Å². The fourth-order valence-corrected chi connectivity index (χ4v) is 5.51. The highest BCUT2D eigenvalue weighted by atomic mass is 32.2. The number of benzene rings is 1. The van der Waals surface area contributed by atoms with Crippen molar-refractivity contribution in [2.75, 3.05) is 39.0 Å². The third-order valence-electron chi connectivity index (χ3n) is 6.88. The Morgan fingerprint density at radius 3 is 2.54 bits per heavy atom. The summed E-state index contributed by atoms with van der Waals surface area (Å²) in [6.07, 6.45) is 5.25. The second-order valence-corrected chi connectivity index (χ2v) is 11.1. The number of aryl methyl sites for hydroxylation is 2. The largest absolute Gasteiger partial charge is 0.354 e. The summed E-state index contributed by atoms with van der Waals surface area (Å²) in [5, 5.41) is 4.09. The van der Waals surface area contributed by atoms with Crippen LogP contribution in [0.3, 0.4) is 0 Å². The quantitative estimate of drug-likeness (QED) is 0.491. The number of nitrogens with one attached hydrogen (secondary N) is 2. The van der Waals surface area contributed by atoms with E-state index in [0.29, 0.717) is 40.7 Å². The summed E-state index contributed by atoms with van der Waals surface area (Å²) in [5.74, 6) is 1.24. The first-order valence-electron chi connectivity index (χ1n) is 12.1. The zero-order valence-electron chi connectivity index (χ0n) is 20.8. The van der Waals surface area contributed by atoms with Gasteiger partial charge in [0.15, 0.2) is 0 Å². The number of fused-ring (bicyclic) bond motifs is 1. The van der Waals surface area contributed by atoms with Crippen molar-refractivity contribution in [3.63, 3.8) is 0 Å². The van der Waals surface area contributed by atoms with Crippen molar-refractivity contribution in [3.8, 4) is 11.1 Å². The number of rotatable bonds is 8. The van der Waals surface area contributed by atoms with Gasteiger partial charge in [0.05, 0.1) is 4.90 Å². The fourth-order valence-electron chi connectivity index (χ4n) is 4.69. The lowest BCUT2D eigenvalue weighted by atomic mass is 9.94. The van der Waals surface area contributed by atoms with Gasteiger partial charge in [0.2, 0.25) is 16.0 Å². The number of hydrogen-bond acceptors (Lipinski definition) is 7. The van der Waals surface area contributed by atoms with Crippen LogP contribution in [0.4, 0.5) is 5.95 Å².